The Labute approximate surface area is 123 Å². The molecule has 0 radical (unpaired) electrons. The zero-order valence-corrected chi connectivity index (χ0v) is 13.2. The van der Waals surface area contributed by atoms with Crippen molar-refractivity contribution in [3.8, 4) is 0 Å². The molecule has 100 valence electrons. The van der Waals surface area contributed by atoms with Gasteiger partial charge in [-0.05, 0) is 71.6 Å². The normalized spacial score (nSPS) is 12.4. The molecule has 19 heavy (non-hydrogen) atoms. The molecule has 0 spiro atoms. The minimum Gasteiger partial charge on any atom is -0.313 e. The highest BCUT2D eigenvalue weighted by atomic mass is 79.9. The van der Waals surface area contributed by atoms with E-state index in [0.717, 1.165) is 10.9 Å². The Bertz CT molecular complexity index is 566. The van der Waals surface area contributed by atoms with Gasteiger partial charge in [-0.1, -0.05) is 18.2 Å². The van der Waals surface area contributed by atoms with Crippen molar-refractivity contribution in [2.45, 2.75) is 26.3 Å². The van der Waals surface area contributed by atoms with Gasteiger partial charge in [-0.25, -0.2) is 0 Å². The lowest BCUT2D eigenvalue weighted by atomic mass is 9.97. The standard InChI is InChI=1S/C16H19BrN2/c1-11-4-5-14(6-12(11)2)16(18-3)8-13-7-15(17)10-19-9-13/h4-7,9-10,16,18H,8H2,1-3H3. The van der Waals surface area contributed by atoms with Crippen molar-refractivity contribution in [1.29, 1.82) is 0 Å². The molecular weight excluding hydrogens is 300 g/mol. The quantitative estimate of drug-likeness (QED) is 0.922. The minimum atomic E-state index is 0.315. The summed E-state index contributed by atoms with van der Waals surface area (Å²) in [6.45, 7) is 4.30. The topological polar surface area (TPSA) is 24.9 Å². The van der Waals surface area contributed by atoms with E-state index in [0.29, 0.717) is 6.04 Å². The van der Waals surface area contributed by atoms with Crippen LogP contribution in [0.25, 0.3) is 0 Å². The molecule has 3 heteroatoms. The number of hydrogen-bond donors (Lipinski definition) is 1. The van der Waals surface area contributed by atoms with Gasteiger partial charge in [0.05, 0.1) is 0 Å². The van der Waals surface area contributed by atoms with Crippen LogP contribution in [0.2, 0.25) is 0 Å². The summed E-state index contributed by atoms with van der Waals surface area (Å²) in [5.41, 5.74) is 5.23. The minimum absolute atomic E-state index is 0.315. The Kier molecular flexibility index (Phi) is 4.72. The second kappa shape index (κ2) is 6.31. The Morgan fingerprint density at radius 3 is 2.58 bits per heavy atom. The van der Waals surface area contributed by atoms with E-state index in [1.807, 2.05) is 19.4 Å². The SMILES string of the molecule is CNC(Cc1cncc(Br)c1)c1ccc(C)c(C)c1. The first-order chi connectivity index (χ1) is 9.10. The van der Waals surface area contributed by atoms with Crippen LogP contribution in [0.3, 0.4) is 0 Å². The van der Waals surface area contributed by atoms with E-state index in [2.05, 4.69) is 64.3 Å². The molecule has 1 atom stereocenters. The van der Waals surface area contributed by atoms with Crippen molar-refractivity contribution in [2.24, 2.45) is 0 Å². The molecule has 0 saturated carbocycles. The third-order valence-corrected chi connectivity index (χ3v) is 3.92. The Morgan fingerprint density at radius 1 is 1.16 bits per heavy atom. The summed E-state index contributed by atoms with van der Waals surface area (Å²) in [5.74, 6) is 0. The lowest BCUT2D eigenvalue weighted by molar-refractivity contribution is 0.590. The second-order valence-corrected chi connectivity index (χ2v) is 5.82. The smallest absolute Gasteiger partial charge is 0.0410 e. The highest BCUT2D eigenvalue weighted by molar-refractivity contribution is 9.10. The molecule has 1 aromatic carbocycles. The summed E-state index contributed by atoms with van der Waals surface area (Å²) in [4.78, 5) is 4.22. The van der Waals surface area contributed by atoms with Gasteiger partial charge in [0.25, 0.3) is 0 Å². The Hall–Kier alpha value is -1.19. The van der Waals surface area contributed by atoms with Crippen molar-refractivity contribution < 1.29 is 0 Å². The van der Waals surface area contributed by atoms with Crippen LogP contribution in [-0.4, -0.2) is 12.0 Å². The van der Waals surface area contributed by atoms with Gasteiger partial charge < -0.3 is 5.32 Å². The molecular formula is C16H19BrN2. The van der Waals surface area contributed by atoms with Gasteiger partial charge in [0.1, 0.15) is 0 Å². The van der Waals surface area contributed by atoms with Crippen LogP contribution < -0.4 is 5.32 Å². The maximum absolute atomic E-state index is 4.22. The van der Waals surface area contributed by atoms with E-state index >= 15 is 0 Å². The van der Waals surface area contributed by atoms with Crippen LogP contribution in [0.15, 0.2) is 41.1 Å². The monoisotopic (exact) mass is 318 g/mol. The molecule has 0 bridgehead atoms. The molecule has 0 amide bonds. The molecule has 0 saturated heterocycles. The Balaban J connectivity index is 2.22. The number of benzene rings is 1. The summed E-state index contributed by atoms with van der Waals surface area (Å²) in [6.07, 6.45) is 4.68. The highest BCUT2D eigenvalue weighted by Gasteiger charge is 2.11. The molecule has 0 fully saturated rings. The third kappa shape index (κ3) is 3.64. The van der Waals surface area contributed by atoms with E-state index in [4.69, 9.17) is 0 Å². The van der Waals surface area contributed by atoms with Crippen LogP contribution in [0.1, 0.15) is 28.3 Å². The van der Waals surface area contributed by atoms with Crippen LogP contribution >= 0.6 is 15.9 Å². The van der Waals surface area contributed by atoms with E-state index in [1.165, 1.54) is 22.3 Å². The van der Waals surface area contributed by atoms with Gasteiger partial charge in [0.2, 0.25) is 0 Å². The molecule has 2 aromatic rings. The van der Waals surface area contributed by atoms with Gasteiger partial charge in [0.15, 0.2) is 0 Å². The number of likely N-dealkylation sites (N-methyl/N-ethyl adjacent to an activating group) is 1. The molecule has 0 aliphatic carbocycles. The second-order valence-electron chi connectivity index (χ2n) is 4.90. The molecule has 2 nitrogen and oxygen atoms in total. The average Bonchev–Trinajstić information content (AvgIpc) is 2.39. The average molecular weight is 319 g/mol. The predicted octanol–water partition coefficient (Wildman–Crippen LogP) is 3.96. The molecule has 1 aromatic heterocycles. The summed E-state index contributed by atoms with van der Waals surface area (Å²) in [6, 6.07) is 9.10. The van der Waals surface area contributed by atoms with Crippen molar-refractivity contribution in [3.05, 3.63) is 63.4 Å². The predicted molar refractivity (Wildman–Crippen MR) is 83.4 cm³/mol. The molecule has 0 aliphatic heterocycles. The maximum Gasteiger partial charge on any atom is 0.0410 e. The van der Waals surface area contributed by atoms with Gasteiger partial charge in [-0.2, -0.15) is 0 Å². The van der Waals surface area contributed by atoms with Crippen LogP contribution in [0, 0.1) is 13.8 Å². The fourth-order valence-electron chi connectivity index (χ4n) is 2.17. The number of aryl methyl sites for hydroxylation is 2. The van der Waals surface area contributed by atoms with Crippen LogP contribution in [0.4, 0.5) is 0 Å². The van der Waals surface area contributed by atoms with Crippen molar-refractivity contribution >= 4 is 15.9 Å². The molecule has 1 heterocycles. The van der Waals surface area contributed by atoms with E-state index < -0.39 is 0 Å². The van der Waals surface area contributed by atoms with Crippen molar-refractivity contribution in [3.63, 3.8) is 0 Å². The van der Waals surface area contributed by atoms with Gasteiger partial charge in [-0.15, -0.1) is 0 Å². The van der Waals surface area contributed by atoms with E-state index in [-0.39, 0.29) is 0 Å². The highest BCUT2D eigenvalue weighted by Crippen LogP contribution is 2.21. The lowest BCUT2D eigenvalue weighted by Gasteiger charge is -2.18. The van der Waals surface area contributed by atoms with Gasteiger partial charge in [0, 0.05) is 22.9 Å². The summed E-state index contributed by atoms with van der Waals surface area (Å²) in [5, 5.41) is 3.39. The largest absolute Gasteiger partial charge is 0.313 e. The third-order valence-electron chi connectivity index (χ3n) is 3.48. The first kappa shape index (κ1) is 14.2. The van der Waals surface area contributed by atoms with Crippen molar-refractivity contribution in [1.82, 2.24) is 10.3 Å². The zero-order chi connectivity index (χ0) is 13.8. The zero-order valence-electron chi connectivity index (χ0n) is 11.6. The summed E-state index contributed by atoms with van der Waals surface area (Å²) in [7, 11) is 2.01. The van der Waals surface area contributed by atoms with E-state index in [9.17, 15) is 0 Å². The van der Waals surface area contributed by atoms with Crippen LogP contribution in [-0.2, 0) is 6.42 Å². The molecule has 1 N–H and O–H groups in total. The van der Waals surface area contributed by atoms with Gasteiger partial charge in [-0.3, -0.25) is 4.98 Å². The van der Waals surface area contributed by atoms with Crippen LogP contribution in [0.5, 0.6) is 0 Å². The number of rotatable bonds is 4. The molecule has 2 rings (SSSR count). The van der Waals surface area contributed by atoms with Gasteiger partial charge >= 0.3 is 0 Å². The maximum atomic E-state index is 4.22. The summed E-state index contributed by atoms with van der Waals surface area (Å²) >= 11 is 3.47. The number of nitrogens with zero attached hydrogens (tertiary/aromatic N) is 1. The Morgan fingerprint density at radius 2 is 1.95 bits per heavy atom. The number of hydrogen-bond acceptors (Lipinski definition) is 2. The number of nitrogens with one attached hydrogen (secondary N) is 1. The first-order valence-electron chi connectivity index (χ1n) is 6.44. The summed E-state index contributed by atoms with van der Waals surface area (Å²) < 4.78 is 1.03. The number of pyridine rings is 1. The lowest BCUT2D eigenvalue weighted by Crippen LogP contribution is -2.19. The fourth-order valence-corrected chi connectivity index (χ4v) is 2.58. The molecule has 0 aliphatic rings. The first-order valence-corrected chi connectivity index (χ1v) is 7.23. The number of aromatic nitrogens is 1. The van der Waals surface area contributed by atoms with Crippen molar-refractivity contribution in [2.75, 3.05) is 7.05 Å². The van der Waals surface area contributed by atoms with E-state index in [1.54, 1.807) is 0 Å². The number of halogens is 1. The fraction of sp³-hybridized carbons (Fsp3) is 0.312. The molecule has 1 unspecified atom stereocenters.